The Hall–Kier alpha value is -3.90. The summed E-state index contributed by atoms with van der Waals surface area (Å²) in [5.41, 5.74) is 9.30. The van der Waals surface area contributed by atoms with Gasteiger partial charge in [0, 0.05) is 30.3 Å². The molecule has 0 aliphatic rings. The number of ether oxygens (including phenoxy) is 1. The number of hydrogen-bond donors (Lipinski definition) is 0. The normalized spacial score (nSPS) is 10.6. The summed E-state index contributed by atoms with van der Waals surface area (Å²) < 4.78 is 5.28. The topological polar surface area (TPSA) is 35.0 Å². The average molecular weight is 419 g/mol. The van der Waals surface area contributed by atoms with E-state index in [0.717, 1.165) is 34.8 Å². The van der Waals surface area contributed by atoms with E-state index < -0.39 is 0 Å². The van der Waals surface area contributed by atoms with E-state index in [4.69, 9.17) is 16.1 Å². The van der Waals surface area contributed by atoms with Crippen LogP contribution in [0, 0.1) is 26.2 Å². The highest BCUT2D eigenvalue weighted by atomic mass is 16.5. The van der Waals surface area contributed by atoms with E-state index >= 15 is 0 Å². The minimum absolute atomic E-state index is 0.688. The Morgan fingerprint density at radius 2 is 1.53 bits per heavy atom. The Balaban J connectivity index is 1.54. The molecule has 0 atom stereocenters. The van der Waals surface area contributed by atoms with E-state index in [2.05, 4.69) is 49.0 Å². The summed E-state index contributed by atoms with van der Waals surface area (Å²) in [6.45, 7) is 4.34. The van der Waals surface area contributed by atoms with E-state index in [1.165, 1.54) is 27.8 Å². The van der Waals surface area contributed by atoms with Gasteiger partial charge in [-0.05, 0) is 77.6 Å². The van der Waals surface area contributed by atoms with Crippen molar-refractivity contribution in [3.63, 3.8) is 0 Å². The van der Waals surface area contributed by atoms with Crippen molar-refractivity contribution in [3.05, 3.63) is 112 Å². The molecule has 158 valence electrons. The van der Waals surface area contributed by atoms with Crippen LogP contribution in [0.5, 0.6) is 5.75 Å². The molecule has 0 N–H and O–H groups in total. The second-order valence-electron chi connectivity index (χ2n) is 7.98. The van der Waals surface area contributed by atoms with Gasteiger partial charge in [-0.3, -0.25) is 0 Å². The maximum absolute atomic E-state index is 5.44. The molecule has 0 aliphatic carbocycles. The van der Waals surface area contributed by atoms with Crippen LogP contribution in [0.4, 0.5) is 0 Å². The molecule has 3 nitrogen and oxygen atoms in total. The summed E-state index contributed by atoms with van der Waals surface area (Å²) >= 11 is 0. The van der Waals surface area contributed by atoms with Crippen LogP contribution < -0.4 is 4.74 Å². The van der Waals surface area contributed by atoms with Crippen molar-refractivity contribution in [2.45, 2.75) is 26.7 Å². The number of methoxy groups -OCH3 is 1. The lowest BCUT2D eigenvalue weighted by Crippen LogP contribution is -2.03. The standard InChI is InChI=1S/C29H26N2O/c1-5-22-6-8-23(9-7-22)18-29-30-15-14-26(31-29)19-28-20(2)16-25(17-21(28)3)24-10-12-27(32-4)13-11-24/h1,6-17H,18-19H2,2-4H3. The molecule has 1 aromatic heterocycles. The van der Waals surface area contributed by atoms with E-state index in [1.807, 2.05) is 48.7 Å². The number of nitrogens with zero attached hydrogens (tertiary/aromatic N) is 2. The van der Waals surface area contributed by atoms with Crippen molar-refractivity contribution in [2.24, 2.45) is 0 Å². The highest BCUT2D eigenvalue weighted by Gasteiger charge is 2.10. The summed E-state index contributed by atoms with van der Waals surface area (Å²) in [5.74, 6) is 4.33. The number of benzene rings is 3. The van der Waals surface area contributed by atoms with Crippen molar-refractivity contribution >= 4 is 0 Å². The first-order valence-corrected chi connectivity index (χ1v) is 10.7. The highest BCUT2D eigenvalue weighted by Crippen LogP contribution is 2.28. The van der Waals surface area contributed by atoms with E-state index in [-0.39, 0.29) is 0 Å². The Bertz CT molecular complexity index is 1240. The molecule has 0 saturated carbocycles. The SMILES string of the molecule is C#Cc1ccc(Cc2nccc(Cc3c(C)cc(-c4ccc(OC)cc4)cc3C)n2)cc1. The number of aromatic nitrogens is 2. The van der Waals surface area contributed by atoms with Gasteiger partial charge in [0.25, 0.3) is 0 Å². The highest BCUT2D eigenvalue weighted by molar-refractivity contribution is 5.67. The third kappa shape index (κ3) is 4.87. The Morgan fingerprint density at radius 3 is 2.16 bits per heavy atom. The fourth-order valence-electron chi connectivity index (χ4n) is 3.93. The smallest absolute Gasteiger partial charge is 0.132 e. The van der Waals surface area contributed by atoms with Gasteiger partial charge < -0.3 is 4.74 Å². The number of aryl methyl sites for hydroxylation is 2. The fraction of sp³-hybridized carbons (Fsp3) is 0.172. The summed E-state index contributed by atoms with van der Waals surface area (Å²) in [5, 5.41) is 0. The summed E-state index contributed by atoms with van der Waals surface area (Å²) in [4.78, 5) is 9.29. The van der Waals surface area contributed by atoms with Crippen LogP contribution in [0.2, 0.25) is 0 Å². The molecule has 3 aromatic carbocycles. The molecule has 0 amide bonds. The second-order valence-corrected chi connectivity index (χ2v) is 7.98. The zero-order valence-electron chi connectivity index (χ0n) is 18.7. The van der Waals surface area contributed by atoms with Crippen molar-refractivity contribution in [3.8, 4) is 29.2 Å². The van der Waals surface area contributed by atoms with Crippen molar-refractivity contribution in [1.29, 1.82) is 0 Å². The van der Waals surface area contributed by atoms with E-state index in [1.54, 1.807) is 7.11 Å². The number of terminal acetylenes is 1. The van der Waals surface area contributed by atoms with Gasteiger partial charge in [0.15, 0.2) is 0 Å². The first-order valence-electron chi connectivity index (χ1n) is 10.7. The molecule has 0 fully saturated rings. The lowest BCUT2D eigenvalue weighted by atomic mass is 9.93. The molecular weight excluding hydrogens is 392 g/mol. The maximum atomic E-state index is 5.44. The van der Waals surface area contributed by atoms with E-state index in [9.17, 15) is 0 Å². The van der Waals surface area contributed by atoms with Crippen LogP contribution >= 0.6 is 0 Å². The summed E-state index contributed by atoms with van der Waals surface area (Å²) in [7, 11) is 1.69. The van der Waals surface area contributed by atoms with Gasteiger partial charge in [0.2, 0.25) is 0 Å². The predicted octanol–water partition coefficient (Wildman–Crippen LogP) is 5.93. The molecular formula is C29H26N2O. The fourth-order valence-corrected chi connectivity index (χ4v) is 3.93. The third-order valence-corrected chi connectivity index (χ3v) is 5.72. The number of hydrogen-bond acceptors (Lipinski definition) is 3. The Labute approximate surface area is 190 Å². The molecule has 4 aromatic rings. The summed E-state index contributed by atoms with van der Waals surface area (Å²) in [6.07, 6.45) is 8.77. The van der Waals surface area contributed by atoms with Gasteiger partial charge in [-0.15, -0.1) is 6.42 Å². The van der Waals surface area contributed by atoms with Crippen LogP contribution in [0.1, 0.15) is 39.3 Å². The van der Waals surface area contributed by atoms with Crippen LogP contribution in [0.15, 0.2) is 72.9 Å². The molecule has 0 unspecified atom stereocenters. The van der Waals surface area contributed by atoms with Gasteiger partial charge in [-0.1, -0.05) is 42.3 Å². The van der Waals surface area contributed by atoms with Gasteiger partial charge in [-0.25, -0.2) is 9.97 Å². The second kappa shape index (κ2) is 9.49. The van der Waals surface area contributed by atoms with Gasteiger partial charge in [-0.2, -0.15) is 0 Å². The summed E-state index contributed by atoms with van der Waals surface area (Å²) in [6, 6.07) is 22.7. The minimum atomic E-state index is 0.688. The van der Waals surface area contributed by atoms with E-state index in [0.29, 0.717) is 6.42 Å². The number of rotatable bonds is 6. The monoisotopic (exact) mass is 418 g/mol. The van der Waals surface area contributed by atoms with Crippen molar-refractivity contribution < 1.29 is 4.74 Å². The molecule has 0 saturated heterocycles. The van der Waals surface area contributed by atoms with Gasteiger partial charge >= 0.3 is 0 Å². The first-order chi connectivity index (χ1) is 15.6. The molecule has 32 heavy (non-hydrogen) atoms. The lowest BCUT2D eigenvalue weighted by Gasteiger charge is -2.14. The Kier molecular flexibility index (Phi) is 6.33. The lowest BCUT2D eigenvalue weighted by molar-refractivity contribution is 0.415. The molecule has 4 rings (SSSR count). The molecule has 0 bridgehead atoms. The zero-order chi connectivity index (χ0) is 22.5. The Morgan fingerprint density at radius 1 is 0.844 bits per heavy atom. The average Bonchev–Trinajstić information content (AvgIpc) is 2.82. The molecule has 0 aliphatic heterocycles. The van der Waals surface area contributed by atoms with Gasteiger partial charge in [0.1, 0.15) is 11.6 Å². The maximum Gasteiger partial charge on any atom is 0.132 e. The zero-order valence-corrected chi connectivity index (χ0v) is 18.7. The minimum Gasteiger partial charge on any atom is -0.497 e. The first kappa shape index (κ1) is 21.3. The van der Waals surface area contributed by atoms with Crippen LogP contribution in [-0.2, 0) is 12.8 Å². The molecule has 3 heteroatoms. The van der Waals surface area contributed by atoms with Crippen LogP contribution in [-0.4, -0.2) is 17.1 Å². The third-order valence-electron chi connectivity index (χ3n) is 5.72. The van der Waals surface area contributed by atoms with Crippen molar-refractivity contribution in [2.75, 3.05) is 7.11 Å². The van der Waals surface area contributed by atoms with Gasteiger partial charge in [0.05, 0.1) is 7.11 Å². The predicted molar refractivity (Wildman–Crippen MR) is 130 cm³/mol. The molecule has 1 heterocycles. The molecule has 0 radical (unpaired) electrons. The quantitative estimate of drug-likeness (QED) is 0.364. The largest absolute Gasteiger partial charge is 0.497 e. The van der Waals surface area contributed by atoms with Crippen molar-refractivity contribution in [1.82, 2.24) is 9.97 Å². The van der Waals surface area contributed by atoms with Crippen LogP contribution in [0.25, 0.3) is 11.1 Å². The molecule has 0 spiro atoms. The van der Waals surface area contributed by atoms with Crippen LogP contribution in [0.3, 0.4) is 0 Å².